The molecule has 176 valence electrons. The maximum atomic E-state index is 13.0. The minimum Gasteiger partial charge on any atom is -0.325 e. The van der Waals surface area contributed by atoms with Gasteiger partial charge in [0.25, 0.3) is 0 Å². The van der Waals surface area contributed by atoms with E-state index >= 15 is 0 Å². The Kier molecular flexibility index (Phi) is 9.77. The van der Waals surface area contributed by atoms with Crippen molar-refractivity contribution in [2.24, 2.45) is 0 Å². The number of amides is 1. The van der Waals surface area contributed by atoms with E-state index in [9.17, 15) is 21.6 Å². The Balaban J connectivity index is 2.15. The molecule has 1 fully saturated rings. The Hall–Kier alpha value is -1.18. The number of carbonyl (C=O) groups excluding carboxylic acids is 1. The number of nitrogens with one attached hydrogen (secondary N) is 2. The lowest BCUT2D eigenvalue weighted by atomic mass is 10.2. The highest BCUT2D eigenvalue weighted by Gasteiger charge is 2.29. The number of hydrogen-bond donors (Lipinski definition) is 2. The van der Waals surface area contributed by atoms with Crippen LogP contribution in [0, 0.1) is 0 Å². The molecular weight excluding hydrogens is 460 g/mol. The highest BCUT2D eigenvalue weighted by molar-refractivity contribution is 7.98. The first-order valence-corrected chi connectivity index (χ1v) is 14.7. The highest BCUT2D eigenvalue weighted by atomic mass is 32.2. The second-order valence-corrected chi connectivity index (χ2v) is 12.2. The van der Waals surface area contributed by atoms with Crippen LogP contribution < -0.4 is 10.0 Å². The Morgan fingerprint density at radius 2 is 1.81 bits per heavy atom. The lowest BCUT2D eigenvalue weighted by molar-refractivity contribution is -0.117. The second-order valence-electron chi connectivity index (χ2n) is 7.21. The van der Waals surface area contributed by atoms with E-state index in [0.717, 1.165) is 6.54 Å². The van der Waals surface area contributed by atoms with Crippen molar-refractivity contribution in [2.45, 2.75) is 31.2 Å². The van der Waals surface area contributed by atoms with E-state index < -0.39 is 32.0 Å². The van der Waals surface area contributed by atoms with Crippen LogP contribution in [-0.4, -0.2) is 88.5 Å². The molecule has 2 N–H and O–H groups in total. The molecule has 1 aromatic carbocycles. The monoisotopic (exact) mass is 492 g/mol. The third kappa shape index (κ3) is 7.43. The molecule has 0 saturated carbocycles. The summed E-state index contributed by atoms with van der Waals surface area (Å²) >= 11 is 1.51. The molecule has 0 bridgehead atoms. The van der Waals surface area contributed by atoms with Crippen molar-refractivity contribution in [1.29, 1.82) is 0 Å². The number of benzene rings is 1. The normalized spacial score (nSPS) is 17.4. The van der Waals surface area contributed by atoms with Crippen molar-refractivity contribution < 1.29 is 21.6 Å². The number of carbonyl (C=O) groups is 1. The molecule has 0 radical (unpaired) electrons. The molecule has 1 aromatic rings. The lowest BCUT2D eigenvalue weighted by Gasteiger charge is -2.33. The Labute approximate surface area is 190 Å². The smallest absolute Gasteiger partial charge is 0.243 e. The molecule has 1 amide bonds. The minimum absolute atomic E-state index is 0.102. The first-order chi connectivity index (χ1) is 14.6. The van der Waals surface area contributed by atoms with Crippen LogP contribution in [0.1, 0.15) is 20.3 Å². The standard InChI is InChI=1S/C19H32N4O5S3/c1-4-22-10-12-23(13-11-22)31(27,28)17-8-6-7-16(15-17)20-19(24)18(9-14-29-3)21-30(25,26)5-2/h6-8,15,18,21H,4-5,9-14H2,1-3H3,(H,20,24). The zero-order valence-corrected chi connectivity index (χ0v) is 20.7. The van der Waals surface area contributed by atoms with Crippen LogP contribution >= 0.6 is 11.8 Å². The van der Waals surface area contributed by atoms with Gasteiger partial charge in [0.05, 0.1) is 10.6 Å². The third-order valence-electron chi connectivity index (χ3n) is 5.15. The summed E-state index contributed by atoms with van der Waals surface area (Å²) in [5.41, 5.74) is 0.308. The number of likely N-dealkylation sites (N-methyl/N-ethyl adjacent to an activating group) is 1. The Morgan fingerprint density at radius 1 is 1.13 bits per heavy atom. The van der Waals surface area contributed by atoms with Gasteiger partial charge in [0.15, 0.2) is 0 Å². The van der Waals surface area contributed by atoms with Crippen LogP contribution in [0.25, 0.3) is 0 Å². The molecule has 2 rings (SSSR count). The molecule has 31 heavy (non-hydrogen) atoms. The van der Waals surface area contributed by atoms with E-state index in [2.05, 4.69) is 14.9 Å². The molecule has 9 nitrogen and oxygen atoms in total. The first-order valence-electron chi connectivity index (χ1n) is 10.2. The quantitative estimate of drug-likeness (QED) is 0.474. The van der Waals surface area contributed by atoms with Crippen molar-refractivity contribution in [2.75, 3.05) is 55.8 Å². The lowest BCUT2D eigenvalue weighted by Crippen LogP contribution is -2.48. The first kappa shape index (κ1) is 26.1. The molecule has 1 saturated heterocycles. The van der Waals surface area contributed by atoms with E-state index in [4.69, 9.17) is 0 Å². The van der Waals surface area contributed by atoms with Crippen molar-refractivity contribution >= 4 is 43.4 Å². The van der Waals surface area contributed by atoms with E-state index in [0.29, 0.717) is 44.0 Å². The number of hydrogen-bond acceptors (Lipinski definition) is 7. The summed E-state index contributed by atoms with van der Waals surface area (Å²) < 4.78 is 53.8. The van der Waals surface area contributed by atoms with E-state index in [1.165, 1.54) is 35.1 Å². The van der Waals surface area contributed by atoms with Gasteiger partial charge in [0.2, 0.25) is 26.0 Å². The van der Waals surface area contributed by atoms with Crippen molar-refractivity contribution in [3.05, 3.63) is 24.3 Å². The molecule has 1 aliphatic rings. The number of anilines is 1. The van der Waals surface area contributed by atoms with Gasteiger partial charge in [0, 0.05) is 31.9 Å². The molecule has 0 aromatic heterocycles. The summed E-state index contributed by atoms with van der Waals surface area (Å²) in [6, 6.07) is 5.14. The zero-order chi connectivity index (χ0) is 23.1. The second kappa shape index (κ2) is 11.6. The SMILES string of the molecule is CCN1CCN(S(=O)(=O)c2cccc(NC(=O)C(CCSC)NS(=O)(=O)CC)c2)CC1. The van der Waals surface area contributed by atoms with Crippen LogP contribution in [0.4, 0.5) is 5.69 Å². The van der Waals surface area contributed by atoms with Gasteiger partial charge in [-0.15, -0.1) is 0 Å². The fourth-order valence-corrected chi connectivity index (χ4v) is 5.94. The summed E-state index contributed by atoms with van der Waals surface area (Å²) in [6.45, 7) is 6.63. The fraction of sp³-hybridized carbons (Fsp3) is 0.632. The maximum absolute atomic E-state index is 13.0. The highest BCUT2D eigenvalue weighted by Crippen LogP contribution is 2.21. The topological polar surface area (TPSA) is 116 Å². The van der Waals surface area contributed by atoms with Gasteiger partial charge in [-0.05, 0) is 50.1 Å². The predicted molar refractivity (Wildman–Crippen MR) is 125 cm³/mol. The number of piperazine rings is 1. The predicted octanol–water partition coefficient (Wildman–Crippen LogP) is 1.01. The van der Waals surface area contributed by atoms with Gasteiger partial charge < -0.3 is 10.2 Å². The summed E-state index contributed by atoms with van der Waals surface area (Å²) in [7, 11) is -7.24. The number of thioether (sulfide) groups is 1. The summed E-state index contributed by atoms with van der Waals surface area (Å²) in [5, 5.41) is 2.66. The summed E-state index contributed by atoms with van der Waals surface area (Å²) in [4.78, 5) is 15.0. The Bertz CT molecular complexity index is 945. The van der Waals surface area contributed by atoms with Crippen molar-refractivity contribution in [3.63, 3.8) is 0 Å². The minimum atomic E-state index is -3.68. The van der Waals surface area contributed by atoms with Crippen LogP contribution in [0.5, 0.6) is 0 Å². The van der Waals surface area contributed by atoms with Crippen LogP contribution in [-0.2, 0) is 24.8 Å². The third-order valence-corrected chi connectivity index (χ3v) is 9.09. The van der Waals surface area contributed by atoms with Crippen molar-refractivity contribution in [1.82, 2.24) is 13.9 Å². The maximum Gasteiger partial charge on any atom is 0.243 e. The summed E-state index contributed by atoms with van der Waals surface area (Å²) in [6.07, 6.45) is 2.20. The number of rotatable bonds is 11. The van der Waals surface area contributed by atoms with Gasteiger partial charge >= 0.3 is 0 Å². The van der Waals surface area contributed by atoms with Gasteiger partial charge in [-0.2, -0.15) is 16.1 Å². The largest absolute Gasteiger partial charge is 0.325 e. The number of nitrogens with zero attached hydrogens (tertiary/aromatic N) is 2. The Morgan fingerprint density at radius 3 is 2.39 bits per heavy atom. The summed E-state index contributed by atoms with van der Waals surface area (Å²) in [5.74, 6) is -0.0467. The van der Waals surface area contributed by atoms with Gasteiger partial charge in [-0.3, -0.25) is 4.79 Å². The van der Waals surface area contributed by atoms with E-state index in [1.807, 2.05) is 13.2 Å². The van der Waals surface area contributed by atoms with Gasteiger partial charge in [0.1, 0.15) is 6.04 Å². The van der Waals surface area contributed by atoms with E-state index in [1.54, 1.807) is 12.1 Å². The van der Waals surface area contributed by atoms with E-state index in [-0.39, 0.29) is 10.6 Å². The number of sulfonamides is 2. The average Bonchev–Trinajstić information content (AvgIpc) is 2.76. The molecule has 1 atom stereocenters. The average molecular weight is 493 g/mol. The van der Waals surface area contributed by atoms with Crippen LogP contribution in [0.3, 0.4) is 0 Å². The van der Waals surface area contributed by atoms with Crippen LogP contribution in [0.15, 0.2) is 29.2 Å². The zero-order valence-electron chi connectivity index (χ0n) is 18.2. The van der Waals surface area contributed by atoms with Crippen LogP contribution in [0.2, 0.25) is 0 Å². The molecule has 1 aliphatic heterocycles. The molecule has 0 aliphatic carbocycles. The molecule has 1 unspecified atom stereocenters. The molecular formula is C19H32N4O5S3. The van der Waals surface area contributed by atoms with Gasteiger partial charge in [-0.25, -0.2) is 21.6 Å². The molecule has 1 heterocycles. The fourth-order valence-electron chi connectivity index (χ4n) is 3.18. The molecule has 0 spiro atoms. The molecule has 12 heteroatoms. The van der Waals surface area contributed by atoms with Gasteiger partial charge in [-0.1, -0.05) is 13.0 Å². The van der Waals surface area contributed by atoms with Crippen molar-refractivity contribution in [3.8, 4) is 0 Å².